The highest BCUT2D eigenvalue weighted by Crippen LogP contribution is 2.29. The van der Waals surface area contributed by atoms with Gasteiger partial charge < -0.3 is 15.4 Å². The molecule has 1 saturated heterocycles. The van der Waals surface area contributed by atoms with Crippen LogP contribution >= 0.6 is 0 Å². The van der Waals surface area contributed by atoms with Gasteiger partial charge >= 0.3 is 0 Å². The molecule has 0 radical (unpaired) electrons. The second-order valence-corrected chi connectivity index (χ2v) is 5.95. The molecule has 2 unspecified atom stereocenters. The van der Waals surface area contributed by atoms with Crippen molar-refractivity contribution in [3.63, 3.8) is 0 Å². The van der Waals surface area contributed by atoms with Crippen LogP contribution in [0, 0.1) is 0 Å². The Hall–Kier alpha value is -1.40. The van der Waals surface area contributed by atoms with Crippen LogP contribution in [-0.2, 0) is 16.1 Å². The number of amides is 1. The second-order valence-electron chi connectivity index (χ2n) is 5.95. The molecular formula is C15H24N4O2. The SMILES string of the molecule is CCn1nccc1C1NC(=O)CCC1NC1CC(OC)C1. The van der Waals surface area contributed by atoms with E-state index in [9.17, 15) is 4.79 Å². The Morgan fingerprint density at radius 2 is 2.33 bits per heavy atom. The largest absolute Gasteiger partial charge is 0.381 e. The van der Waals surface area contributed by atoms with Gasteiger partial charge in [0.1, 0.15) is 0 Å². The van der Waals surface area contributed by atoms with Crippen LogP contribution in [0.5, 0.6) is 0 Å². The average Bonchev–Trinajstić information content (AvgIpc) is 2.91. The first kappa shape index (κ1) is 14.5. The number of methoxy groups -OCH3 is 1. The van der Waals surface area contributed by atoms with Gasteiger partial charge in [-0.25, -0.2) is 0 Å². The minimum Gasteiger partial charge on any atom is -0.381 e. The molecule has 1 aliphatic heterocycles. The Bertz CT molecular complexity index is 496. The van der Waals surface area contributed by atoms with Gasteiger partial charge in [0.05, 0.1) is 17.8 Å². The van der Waals surface area contributed by atoms with Crippen LogP contribution in [0.4, 0.5) is 0 Å². The summed E-state index contributed by atoms with van der Waals surface area (Å²) in [4.78, 5) is 11.8. The monoisotopic (exact) mass is 292 g/mol. The number of aromatic nitrogens is 2. The third-order valence-electron chi connectivity index (χ3n) is 4.65. The molecule has 21 heavy (non-hydrogen) atoms. The van der Waals surface area contributed by atoms with Crippen molar-refractivity contribution in [3.05, 3.63) is 18.0 Å². The maximum Gasteiger partial charge on any atom is 0.220 e. The topological polar surface area (TPSA) is 68.2 Å². The van der Waals surface area contributed by atoms with Gasteiger partial charge in [0.2, 0.25) is 5.91 Å². The number of nitrogens with zero attached hydrogens (tertiary/aromatic N) is 2. The maximum atomic E-state index is 11.8. The van der Waals surface area contributed by atoms with Gasteiger partial charge in [0.15, 0.2) is 0 Å². The average molecular weight is 292 g/mol. The number of hydrogen-bond acceptors (Lipinski definition) is 4. The fraction of sp³-hybridized carbons (Fsp3) is 0.733. The highest BCUT2D eigenvalue weighted by atomic mass is 16.5. The summed E-state index contributed by atoms with van der Waals surface area (Å²) in [6, 6.07) is 2.78. The molecule has 2 heterocycles. The number of nitrogens with one attached hydrogen (secondary N) is 2. The van der Waals surface area contributed by atoms with Crippen molar-refractivity contribution in [1.82, 2.24) is 20.4 Å². The first-order valence-corrected chi connectivity index (χ1v) is 7.81. The lowest BCUT2D eigenvalue weighted by molar-refractivity contribution is -0.124. The minimum atomic E-state index is 0.00953. The standard InChI is InChI=1S/C15H24N4O2/c1-3-19-13(6-7-16-19)15-12(4-5-14(20)18-15)17-10-8-11(9-10)21-2/h6-7,10-12,15,17H,3-5,8-9H2,1-2H3,(H,18,20). The number of hydrogen-bond donors (Lipinski definition) is 2. The Labute approximate surface area is 125 Å². The molecule has 0 bridgehead atoms. The van der Waals surface area contributed by atoms with Gasteiger partial charge in [0, 0.05) is 38.4 Å². The zero-order valence-electron chi connectivity index (χ0n) is 12.7. The van der Waals surface area contributed by atoms with Crippen LogP contribution in [0.1, 0.15) is 44.3 Å². The second kappa shape index (κ2) is 6.15. The van der Waals surface area contributed by atoms with Crippen molar-refractivity contribution in [2.75, 3.05) is 7.11 Å². The fourth-order valence-electron chi connectivity index (χ4n) is 3.33. The van der Waals surface area contributed by atoms with E-state index in [0.717, 1.165) is 31.5 Å². The number of piperidine rings is 1. The van der Waals surface area contributed by atoms with E-state index in [1.165, 1.54) is 0 Å². The van der Waals surface area contributed by atoms with Gasteiger partial charge in [-0.1, -0.05) is 0 Å². The normalized spacial score (nSPS) is 32.6. The smallest absolute Gasteiger partial charge is 0.220 e. The molecule has 6 nitrogen and oxygen atoms in total. The van der Waals surface area contributed by atoms with E-state index in [0.29, 0.717) is 18.6 Å². The number of ether oxygens (including phenoxy) is 1. The summed E-state index contributed by atoms with van der Waals surface area (Å²) in [6.45, 7) is 2.88. The summed E-state index contributed by atoms with van der Waals surface area (Å²) in [6.07, 6.45) is 5.77. The summed E-state index contributed by atoms with van der Waals surface area (Å²) in [5, 5.41) is 11.1. The summed E-state index contributed by atoms with van der Waals surface area (Å²) in [7, 11) is 1.77. The molecule has 116 valence electrons. The molecule has 0 spiro atoms. The van der Waals surface area contributed by atoms with Crippen LogP contribution in [0.15, 0.2) is 12.3 Å². The molecule has 1 aromatic heterocycles. The van der Waals surface area contributed by atoms with Crippen molar-refractivity contribution >= 4 is 5.91 Å². The van der Waals surface area contributed by atoms with Crippen LogP contribution in [-0.4, -0.2) is 41.0 Å². The maximum absolute atomic E-state index is 11.8. The van der Waals surface area contributed by atoms with Crippen molar-refractivity contribution in [1.29, 1.82) is 0 Å². The number of rotatable bonds is 5. The zero-order chi connectivity index (χ0) is 14.8. The Morgan fingerprint density at radius 1 is 1.52 bits per heavy atom. The minimum absolute atomic E-state index is 0.00953. The molecule has 2 aliphatic rings. The third-order valence-corrected chi connectivity index (χ3v) is 4.65. The van der Waals surface area contributed by atoms with Crippen molar-refractivity contribution in [2.45, 2.75) is 63.4 Å². The molecule has 0 aromatic carbocycles. The van der Waals surface area contributed by atoms with E-state index < -0.39 is 0 Å². The Kier molecular flexibility index (Phi) is 4.26. The molecule has 3 rings (SSSR count). The molecule has 6 heteroatoms. The predicted octanol–water partition coefficient (Wildman–Crippen LogP) is 0.990. The van der Waals surface area contributed by atoms with Gasteiger partial charge in [-0.05, 0) is 32.3 Å². The van der Waals surface area contributed by atoms with E-state index in [1.54, 1.807) is 13.3 Å². The van der Waals surface area contributed by atoms with E-state index >= 15 is 0 Å². The first-order valence-electron chi connectivity index (χ1n) is 7.81. The van der Waals surface area contributed by atoms with Crippen LogP contribution < -0.4 is 10.6 Å². The van der Waals surface area contributed by atoms with E-state index in [2.05, 4.69) is 22.7 Å². The summed E-state index contributed by atoms with van der Waals surface area (Å²) >= 11 is 0. The van der Waals surface area contributed by atoms with E-state index in [4.69, 9.17) is 4.74 Å². The molecule has 2 N–H and O–H groups in total. The molecule has 1 amide bonds. The lowest BCUT2D eigenvalue weighted by atomic mass is 9.86. The highest BCUT2D eigenvalue weighted by Gasteiger charge is 2.36. The lowest BCUT2D eigenvalue weighted by Gasteiger charge is -2.41. The van der Waals surface area contributed by atoms with E-state index in [-0.39, 0.29) is 18.0 Å². The summed E-state index contributed by atoms with van der Waals surface area (Å²) < 4.78 is 7.30. The Morgan fingerprint density at radius 3 is 3.05 bits per heavy atom. The molecule has 2 fully saturated rings. The molecule has 2 atom stereocenters. The van der Waals surface area contributed by atoms with Crippen molar-refractivity contribution in [2.24, 2.45) is 0 Å². The fourth-order valence-corrected chi connectivity index (χ4v) is 3.33. The van der Waals surface area contributed by atoms with Gasteiger partial charge in [-0.3, -0.25) is 9.48 Å². The van der Waals surface area contributed by atoms with Crippen LogP contribution in [0.25, 0.3) is 0 Å². The number of carbonyl (C=O) groups excluding carboxylic acids is 1. The van der Waals surface area contributed by atoms with Crippen molar-refractivity contribution in [3.8, 4) is 0 Å². The first-order chi connectivity index (χ1) is 10.2. The number of aryl methyl sites for hydroxylation is 1. The molecule has 1 saturated carbocycles. The molecule has 1 aromatic rings. The number of carbonyl (C=O) groups is 1. The predicted molar refractivity (Wildman–Crippen MR) is 78.8 cm³/mol. The quantitative estimate of drug-likeness (QED) is 0.849. The zero-order valence-corrected chi connectivity index (χ0v) is 12.7. The van der Waals surface area contributed by atoms with Gasteiger partial charge in [-0.2, -0.15) is 5.10 Å². The molecule has 1 aliphatic carbocycles. The third kappa shape index (κ3) is 2.96. The van der Waals surface area contributed by atoms with Crippen molar-refractivity contribution < 1.29 is 9.53 Å². The molecular weight excluding hydrogens is 268 g/mol. The van der Waals surface area contributed by atoms with Crippen LogP contribution in [0.2, 0.25) is 0 Å². The Balaban J connectivity index is 1.70. The highest BCUT2D eigenvalue weighted by molar-refractivity contribution is 5.77. The summed E-state index contributed by atoms with van der Waals surface area (Å²) in [5.74, 6) is 0.130. The summed E-state index contributed by atoms with van der Waals surface area (Å²) in [5.41, 5.74) is 1.09. The van der Waals surface area contributed by atoms with E-state index in [1.807, 2.05) is 10.7 Å². The van der Waals surface area contributed by atoms with Gasteiger partial charge in [0.25, 0.3) is 0 Å². The van der Waals surface area contributed by atoms with Crippen LogP contribution in [0.3, 0.4) is 0 Å². The lowest BCUT2D eigenvalue weighted by Crippen LogP contribution is -2.55. The van der Waals surface area contributed by atoms with Gasteiger partial charge in [-0.15, -0.1) is 0 Å².